The van der Waals surface area contributed by atoms with Crippen molar-refractivity contribution in [2.75, 3.05) is 0 Å². The number of allylic oxidation sites excluding steroid dienone is 1. The van der Waals surface area contributed by atoms with E-state index in [0.717, 1.165) is 43.6 Å². The molecule has 1 N–H and O–H groups in total. The molecule has 3 nitrogen and oxygen atoms in total. The number of carboxylic acids is 1. The van der Waals surface area contributed by atoms with Gasteiger partial charge in [0.25, 0.3) is 0 Å². The lowest BCUT2D eigenvalue weighted by Gasteiger charge is -2.59. The van der Waals surface area contributed by atoms with Gasteiger partial charge in [0.1, 0.15) is 5.78 Å². The van der Waals surface area contributed by atoms with Crippen LogP contribution < -0.4 is 0 Å². The van der Waals surface area contributed by atoms with Gasteiger partial charge in [-0.3, -0.25) is 9.59 Å². The van der Waals surface area contributed by atoms with Gasteiger partial charge in [-0.05, 0) is 74.0 Å². The second-order valence-corrected chi connectivity index (χ2v) is 9.42. The van der Waals surface area contributed by atoms with E-state index in [1.54, 1.807) is 0 Å². The van der Waals surface area contributed by atoms with Crippen molar-refractivity contribution >= 4 is 11.8 Å². The number of fused-ring (bicyclic) bond motifs is 5. The predicted molar refractivity (Wildman–Crippen MR) is 92.5 cm³/mol. The maximum absolute atomic E-state index is 12.4. The van der Waals surface area contributed by atoms with Gasteiger partial charge < -0.3 is 5.11 Å². The fourth-order valence-corrected chi connectivity index (χ4v) is 7.06. The third-order valence-corrected chi connectivity index (χ3v) is 8.49. The lowest BCUT2D eigenvalue weighted by atomic mass is 9.45. The highest BCUT2D eigenvalue weighted by Gasteiger charge is 2.59. The Morgan fingerprint density at radius 3 is 2.75 bits per heavy atom. The molecule has 0 radical (unpaired) electrons. The Balaban J connectivity index is 1.59. The van der Waals surface area contributed by atoms with Crippen LogP contribution in [0, 0.1) is 34.5 Å². The molecular formula is C21H30O3. The van der Waals surface area contributed by atoms with Crippen LogP contribution in [-0.2, 0) is 9.59 Å². The number of hydrogen-bond donors (Lipinski definition) is 1. The number of carboxylic acid groups (broad SMARTS) is 1. The quantitative estimate of drug-likeness (QED) is 0.752. The van der Waals surface area contributed by atoms with Gasteiger partial charge in [-0.15, -0.1) is 0 Å². The molecule has 3 saturated carbocycles. The van der Waals surface area contributed by atoms with E-state index in [4.69, 9.17) is 5.11 Å². The van der Waals surface area contributed by atoms with Crippen LogP contribution >= 0.6 is 0 Å². The van der Waals surface area contributed by atoms with Crippen molar-refractivity contribution < 1.29 is 14.7 Å². The van der Waals surface area contributed by atoms with Gasteiger partial charge in [0.15, 0.2) is 0 Å². The first-order valence-corrected chi connectivity index (χ1v) is 9.77. The normalized spacial score (nSPS) is 47.4. The smallest absolute Gasteiger partial charge is 0.307 e. The molecule has 4 rings (SSSR count). The Labute approximate surface area is 144 Å². The number of aliphatic carboxylic acids is 1. The fraction of sp³-hybridized carbons (Fsp3) is 0.810. The Morgan fingerprint density at radius 1 is 1.21 bits per heavy atom. The van der Waals surface area contributed by atoms with Crippen molar-refractivity contribution in [3.05, 3.63) is 11.6 Å². The lowest BCUT2D eigenvalue weighted by molar-refractivity contribution is -0.137. The van der Waals surface area contributed by atoms with Crippen molar-refractivity contribution in [3.63, 3.8) is 0 Å². The standard InChI is InChI=1S/C21H30O3/c1-20-9-7-13(12-19(23)24)11-14(20)3-4-15-16-5-6-18(22)21(16,2)10-8-17(15)20/h7,14-17H,3-6,8-12H2,1-2H3,(H,23,24)/t14-,15?,16?,17?,20-,21-/m0/s1. The molecule has 0 aromatic rings. The minimum absolute atomic E-state index is 0.0384. The first-order valence-electron chi connectivity index (χ1n) is 9.77. The van der Waals surface area contributed by atoms with Crippen LogP contribution in [0.15, 0.2) is 11.6 Å². The van der Waals surface area contributed by atoms with E-state index in [1.807, 2.05) is 0 Å². The summed E-state index contributed by atoms with van der Waals surface area (Å²) < 4.78 is 0. The molecule has 24 heavy (non-hydrogen) atoms. The van der Waals surface area contributed by atoms with E-state index in [9.17, 15) is 9.59 Å². The molecule has 3 heteroatoms. The van der Waals surface area contributed by atoms with E-state index < -0.39 is 5.97 Å². The van der Waals surface area contributed by atoms with Crippen LogP contribution in [0.25, 0.3) is 0 Å². The van der Waals surface area contributed by atoms with Gasteiger partial charge in [0, 0.05) is 11.8 Å². The van der Waals surface area contributed by atoms with E-state index in [1.165, 1.54) is 19.3 Å². The average molecular weight is 330 g/mol. The zero-order valence-electron chi connectivity index (χ0n) is 15.0. The molecule has 0 aromatic heterocycles. The lowest BCUT2D eigenvalue weighted by Crippen LogP contribution is -2.52. The minimum atomic E-state index is -0.698. The van der Waals surface area contributed by atoms with E-state index in [0.29, 0.717) is 29.0 Å². The highest BCUT2D eigenvalue weighted by molar-refractivity contribution is 5.87. The molecule has 0 aliphatic heterocycles. The van der Waals surface area contributed by atoms with Crippen molar-refractivity contribution in [3.8, 4) is 0 Å². The Kier molecular flexibility index (Phi) is 3.71. The summed E-state index contributed by atoms with van der Waals surface area (Å²) in [5.41, 5.74) is 1.42. The molecule has 0 bridgehead atoms. The van der Waals surface area contributed by atoms with Crippen molar-refractivity contribution in [2.24, 2.45) is 34.5 Å². The SMILES string of the molecule is C[C@]12CCC3C(CC[C@H]4CC(CC(=O)O)=CC[C@]34C)C1CCC2=O. The van der Waals surface area contributed by atoms with E-state index >= 15 is 0 Å². The molecule has 0 spiro atoms. The molecule has 3 unspecified atom stereocenters. The van der Waals surface area contributed by atoms with Crippen LogP contribution in [-0.4, -0.2) is 16.9 Å². The maximum Gasteiger partial charge on any atom is 0.307 e. The summed E-state index contributed by atoms with van der Waals surface area (Å²) in [4.78, 5) is 23.5. The second kappa shape index (κ2) is 5.44. The third-order valence-electron chi connectivity index (χ3n) is 8.49. The van der Waals surface area contributed by atoms with Gasteiger partial charge in [-0.2, -0.15) is 0 Å². The summed E-state index contributed by atoms with van der Waals surface area (Å²) in [5.74, 6) is 2.50. The molecular weight excluding hydrogens is 300 g/mol. The summed E-state index contributed by atoms with van der Waals surface area (Å²) in [6.45, 7) is 4.70. The summed E-state index contributed by atoms with van der Waals surface area (Å²) in [5, 5.41) is 9.10. The molecule has 4 aliphatic carbocycles. The highest BCUT2D eigenvalue weighted by atomic mass is 16.4. The Hall–Kier alpha value is -1.12. The summed E-state index contributed by atoms with van der Waals surface area (Å²) >= 11 is 0. The number of carbonyl (C=O) groups is 2. The topological polar surface area (TPSA) is 54.4 Å². The number of Topliss-reactive ketones (excluding diaryl/α,β-unsaturated/α-hetero) is 1. The van der Waals surface area contributed by atoms with Crippen LogP contribution in [0.3, 0.4) is 0 Å². The number of rotatable bonds is 2. The Bertz CT molecular complexity index is 606. The second-order valence-electron chi connectivity index (χ2n) is 9.42. The highest BCUT2D eigenvalue weighted by Crippen LogP contribution is 2.65. The van der Waals surface area contributed by atoms with Crippen LogP contribution in [0.4, 0.5) is 0 Å². The van der Waals surface area contributed by atoms with Crippen LogP contribution in [0.1, 0.15) is 71.6 Å². The van der Waals surface area contributed by atoms with Gasteiger partial charge in [0.05, 0.1) is 6.42 Å². The monoisotopic (exact) mass is 330 g/mol. The zero-order chi connectivity index (χ0) is 17.1. The summed E-state index contributed by atoms with van der Waals surface area (Å²) in [6.07, 6.45) is 11.1. The average Bonchev–Trinajstić information content (AvgIpc) is 2.83. The largest absolute Gasteiger partial charge is 0.481 e. The molecule has 4 aliphatic rings. The van der Waals surface area contributed by atoms with E-state index in [2.05, 4.69) is 19.9 Å². The molecule has 3 fully saturated rings. The summed E-state index contributed by atoms with van der Waals surface area (Å²) in [7, 11) is 0. The van der Waals surface area contributed by atoms with Crippen LogP contribution in [0.5, 0.6) is 0 Å². The van der Waals surface area contributed by atoms with Crippen LogP contribution in [0.2, 0.25) is 0 Å². The number of ketones is 1. The molecule has 6 atom stereocenters. The molecule has 0 heterocycles. The third kappa shape index (κ3) is 2.23. The Morgan fingerprint density at radius 2 is 2.00 bits per heavy atom. The van der Waals surface area contributed by atoms with Gasteiger partial charge in [-0.25, -0.2) is 0 Å². The van der Waals surface area contributed by atoms with E-state index in [-0.39, 0.29) is 11.8 Å². The first kappa shape index (κ1) is 16.4. The van der Waals surface area contributed by atoms with Gasteiger partial charge >= 0.3 is 5.97 Å². The van der Waals surface area contributed by atoms with Crippen molar-refractivity contribution in [1.29, 1.82) is 0 Å². The molecule has 0 amide bonds. The first-order chi connectivity index (χ1) is 11.3. The van der Waals surface area contributed by atoms with Crippen molar-refractivity contribution in [1.82, 2.24) is 0 Å². The van der Waals surface area contributed by atoms with Gasteiger partial charge in [-0.1, -0.05) is 25.5 Å². The zero-order valence-corrected chi connectivity index (χ0v) is 15.0. The maximum atomic E-state index is 12.4. The molecule has 0 saturated heterocycles. The molecule has 132 valence electrons. The molecule has 0 aromatic carbocycles. The van der Waals surface area contributed by atoms with Gasteiger partial charge in [0.2, 0.25) is 0 Å². The number of carbonyl (C=O) groups excluding carboxylic acids is 1. The number of hydrogen-bond acceptors (Lipinski definition) is 2. The summed E-state index contributed by atoms with van der Waals surface area (Å²) in [6, 6.07) is 0. The minimum Gasteiger partial charge on any atom is -0.481 e. The predicted octanol–water partition coefficient (Wildman–Crippen LogP) is 4.61. The fourth-order valence-electron chi connectivity index (χ4n) is 7.06. The van der Waals surface area contributed by atoms with Crippen molar-refractivity contribution in [2.45, 2.75) is 71.6 Å².